The highest BCUT2D eigenvalue weighted by Crippen LogP contribution is 2.25. The number of aromatic amines is 1. The van der Waals surface area contributed by atoms with Crippen LogP contribution in [0.1, 0.15) is 40.5 Å². The Morgan fingerprint density at radius 2 is 1.86 bits per heavy atom. The molecule has 0 bridgehead atoms. The fourth-order valence-electron chi connectivity index (χ4n) is 2.73. The third-order valence-electron chi connectivity index (χ3n) is 4.22. The molecule has 3 N–H and O–H groups in total. The zero-order valence-corrected chi connectivity index (χ0v) is 17.4. The van der Waals surface area contributed by atoms with Gasteiger partial charge >= 0.3 is 0 Å². The van der Waals surface area contributed by atoms with Crippen molar-refractivity contribution in [3.8, 4) is 5.75 Å². The molecule has 3 rings (SSSR count). The van der Waals surface area contributed by atoms with Crippen molar-refractivity contribution >= 4 is 33.4 Å². The zero-order valence-electron chi connectivity index (χ0n) is 16.6. The van der Waals surface area contributed by atoms with Crippen molar-refractivity contribution < 1.29 is 14.3 Å². The smallest absolute Gasteiger partial charge is 0.269 e. The molecule has 0 aliphatic carbocycles. The van der Waals surface area contributed by atoms with Crippen LogP contribution in [-0.2, 0) is 11.2 Å². The second-order valence-corrected chi connectivity index (χ2v) is 8.05. The highest BCUT2D eigenvalue weighted by atomic mass is 32.1. The summed E-state index contributed by atoms with van der Waals surface area (Å²) >= 11 is 1.41. The molecule has 0 saturated carbocycles. The van der Waals surface area contributed by atoms with Gasteiger partial charge in [-0.3, -0.25) is 25.2 Å². The standard InChI is InChI=1S/C20H22N4O4S/c1-10(2)28-14-7-5-13(6-8-14)18(26)24-23-16(25)9-15-21-19(27)17-11(3)12(4)29-20(17)22-15/h5-8,10H,9H2,1-4H3,(H,23,25)(H,24,26)(H,21,22,27). The van der Waals surface area contributed by atoms with Gasteiger partial charge in [0.05, 0.1) is 17.9 Å². The lowest BCUT2D eigenvalue weighted by Crippen LogP contribution is -2.42. The number of rotatable bonds is 5. The lowest BCUT2D eigenvalue weighted by molar-refractivity contribution is -0.121. The number of aryl methyl sites for hydroxylation is 2. The molecule has 0 saturated heterocycles. The summed E-state index contributed by atoms with van der Waals surface area (Å²) in [4.78, 5) is 45.2. The predicted octanol–water partition coefficient (Wildman–Crippen LogP) is 2.39. The normalized spacial score (nSPS) is 10.9. The fraction of sp³-hybridized carbons (Fsp3) is 0.300. The van der Waals surface area contributed by atoms with Gasteiger partial charge < -0.3 is 9.72 Å². The Labute approximate surface area is 171 Å². The van der Waals surface area contributed by atoms with Gasteiger partial charge in [-0.1, -0.05) is 0 Å². The number of fused-ring (bicyclic) bond motifs is 1. The number of carbonyl (C=O) groups is 2. The van der Waals surface area contributed by atoms with E-state index in [1.165, 1.54) is 11.3 Å². The van der Waals surface area contributed by atoms with Crippen LogP contribution in [0.4, 0.5) is 0 Å². The third-order valence-corrected chi connectivity index (χ3v) is 5.32. The largest absolute Gasteiger partial charge is 0.491 e. The molecular formula is C20H22N4O4S. The third kappa shape index (κ3) is 4.80. The Morgan fingerprint density at radius 3 is 2.52 bits per heavy atom. The van der Waals surface area contributed by atoms with Gasteiger partial charge in [-0.25, -0.2) is 4.98 Å². The number of ether oxygens (including phenoxy) is 1. The number of thiophene rings is 1. The maximum absolute atomic E-state index is 12.3. The number of H-pyrrole nitrogens is 1. The summed E-state index contributed by atoms with van der Waals surface area (Å²) in [5, 5.41) is 0.551. The van der Waals surface area contributed by atoms with Gasteiger partial charge in [0, 0.05) is 10.4 Å². The van der Waals surface area contributed by atoms with E-state index in [9.17, 15) is 14.4 Å². The van der Waals surface area contributed by atoms with Crippen molar-refractivity contribution in [2.45, 2.75) is 40.2 Å². The van der Waals surface area contributed by atoms with Crippen molar-refractivity contribution in [1.82, 2.24) is 20.8 Å². The zero-order chi connectivity index (χ0) is 21.1. The first kappa shape index (κ1) is 20.5. The summed E-state index contributed by atoms with van der Waals surface area (Å²) in [5.41, 5.74) is 5.68. The minimum Gasteiger partial charge on any atom is -0.491 e. The maximum atomic E-state index is 12.3. The lowest BCUT2D eigenvalue weighted by atomic mass is 10.2. The van der Waals surface area contributed by atoms with Crippen LogP contribution >= 0.6 is 11.3 Å². The Balaban J connectivity index is 1.60. The van der Waals surface area contributed by atoms with Crippen LogP contribution in [0.25, 0.3) is 10.2 Å². The van der Waals surface area contributed by atoms with Crippen LogP contribution in [0.3, 0.4) is 0 Å². The molecule has 152 valence electrons. The van der Waals surface area contributed by atoms with E-state index in [0.29, 0.717) is 21.5 Å². The molecule has 2 amide bonds. The van der Waals surface area contributed by atoms with Gasteiger partial charge in [-0.05, 0) is 57.5 Å². The molecule has 0 radical (unpaired) electrons. The first-order valence-corrected chi connectivity index (χ1v) is 9.91. The topological polar surface area (TPSA) is 113 Å². The first-order chi connectivity index (χ1) is 13.7. The van der Waals surface area contributed by atoms with Gasteiger partial charge in [0.25, 0.3) is 11.5 Å². The van der Waals surface area contributed by atoms with Crippen LogP contribution in [0.15, 0.2) is 29.1 Å². The first-order valence-electron chi connectivity index (χ1n) is 9.09. The van der Waals surface area contributed by atoms with Crippen molar-refractivity contribution in [3.63, 3.8) is 0 Å². The average molecular weight is 414 g/mol. The van der Waals surface area contributed by atoms with Gasteiger partial charge in [-0.2, -0.15) is 0 Å². The Bertz CT molecular complexity index is 1120. The minimum absolute atomic E-state index is 0.0373. The minimum atomic E-state index is -0.495. The number of benzene rings is 1. The van der Waals surface area contributed by atoms with Crippen molar-refractivity contribution in [3.05, 3.63) is 56.4 Å². The van der Waals surface area contributed by atoms with E-state index in [1.807, 2.05) is 27.7 Å². The lowest BCUT2D eigenvalue weighted by Gasteiger charge is -2.10. The molecule has 2 heterocycles. The summed E-state index contributed by atoms with van der Waals surface area (Å²) in [6.07, 6.45) is -0.127. The molecule has 3 aromatic rings. The number of aromatic nitrogens is 2. The monoisotopic (exact) mass is 414 g/mol. The summed E-state index contributed by atoms with van der Waals surface area (Å²) in [7, 11) is 0. The second kappa shape index (κ2) is 8.44. The molecular weight excluding hydrogens is 392 g/mol. The van der Waals surface area contributed by atoms with E-state index in [4.69, 9.17) is 4.74 Å². The highest BCUT2D eigenvalue weighted by Gasteiger charge is 2.14. The number of nitrogens with one attached hydrogen (secondary N) is 3. The van der Waals surface area contributed by atoms with Crippen molar-refractivity contribution in [1.29, 1.82) is 0 Å². The SMILES string of the molecule is Cc1sc2nc(CC(=O)NNC(=O)c3ccc(OC(C)C)cc3)[nH]c(=O)c2c1C. The van der Waals surface area contributed by atoms with E-state index >= 15 is 0 Å². The van der Waals surface area contributed by atoms with E-state index < -0.39 is 11.8 Å². The number of carbonyl (C=O) groups excluding carboxylic acids is 2. The quantitative estimate of drug-likeness (QED) is 0.555. The number of hydrogen-bond donors (Lipinski definition) is 3. The Morgan fingerprint density at radius 1 is 1.17 bits per heavy atom. The number of hydrogen-bond acceptors (Lipinski definition) is 6. The van der Waals surface area contributed by atoms with Gasteiger partial charge in [-0.15, -0.1) is 11.3 Å². The van der Waals surface area contributed by atoms with Crippen LogP contribution in [0.5, 0.6) is 5.75 Å². The number of nitrogens with zero attached hydrogens (tertiary/aromatic N) is 1. The van der Waals surface area contributed by atoms with E-state index in [-0.39, 0.29) is 23.9 Å². The van der Waals surface area contributed by atoms with Crippen molar-refractivity contribution in [2.24, 2.45) is 0 Å². The molecule has 0 spiro atoms. The molecule has 29 heavy (non-hydrogen) atoms. The molecule has 0 unspecified atom stereocenters. The van der Waals surface area contributed by atoms with Crippen LogP contribution < -0.4 is 21.1 Å². The summed E-state index contributed by atoms with van der Waals surface area (Å²) in [5.74, 6) is -0.0581. The van der Waals surface area contributed by atoms with Gasteiger partial charge in [0.2, 0.25) is 5.91 Å². The second-order valence-electron chi connectivity index (χ2n) is 6.85. The highest BCUT2D eigenvalue weighted by molar-refractivity contribution is 7.18. The van der Waals surface area contributed by atoms with Crippen molar-refractivity contribution in [2.75, 3.05) is 0 Å². The summed E-state index contributed by atoms with van der Waals surface area (Å²) < 4.78 is 5.53. The predicted molar refractivity (Wildman–Crippen MR) is 111 cm³/mol. The van der Waals surface area contributed by atoms with Gasteiger partial charge in [0.15, 0.2) is 0 Å². The van der Waals surface area contributed by atoms with E-state index in [2.05, 4.69) is 20.8 Å². The van der Waals surface area contributed by atoms with Gasteiger partial charge in [0.1, 0.15) is 16.4 Å². The summed E-state index contributed by atoms with van der Waals surface area (Å²) in [6.45, 7) is 7.62. The average Bonchev–Trinajstić information content (AvgIpc) is 2.94. The number of hydrazine groups is 1. The van der Waals surface area contributed by atoms with Crippen LogP contribution in [-0.4, -0.2) is 27.9 Å². The van der Waals surface area contributed by atoms with Crippen LogP contribution in [0.2, 0.25) is 0 Å². The summed E-state index contributed by atoms with van der Waals surface area (Å²) in [6, 6.07) is 6.58. The fourth-order valence-corrected chi connectivity index (χ4v) is 3.78. The Hall–Kier alpha value is -3.20. The van der Waals surface area contributed by atoms with E-state index in [0.717, 1.165) is 10.4 Å². The molecule has 0 atom stereocenters. The molecule has 2 aromatic heterocycles. The molecule has 9 heteroatoms. The van der Waals surface area contributed by atoms with E-state index in [1.54, 1.807) is 24.3 Å². The molecule has 0 fully saturated rings. The van der Waals surface area contributed by atoms with Crippen LogP contribution in [0, 0.1) is 13.8 Å². The number of amides is 2. The molecule has 8 nitrogen and oxygen atoms in total. The maximum Gasteiger partial charge on any atom is 0.269 e. The molecule has 0 aliphatic rings. The molecule has 0 aliphatic heterocycles. The molecule has 1 aromatic carbocycles. The Kier molecular flexibility index (Phi) is 5.97.